The first-order valence-electron chi connectivity index (χ1n) is 7.33. The van der Waals surface area contributed by atoms with E-state index in [1.807, 2.05) is 31.2 Å². The van der Waals surface area contributed by atoms with Crippen LogP contribution in [-0.4, -0.2) is 25.6 Å². The van der Waals surface area contributed by atoms with Crippen molar-refractivity contribution in [1.82, 2.24) is 25.6 Å². The second kappa shape index (κ2) is 6.64. The van der Waals surface area contributed by atoms with Crippen molar-refractivity contribution in [2.24, 2.45) is 0 Å². The standard InChI is InChI=1S/C16H14ClN7/c1-3-12-9(2)20-14-5-4-11(6-13(14)15(12)17)19-8-10(7-18)16-21-23-24-22-16/h4-6,8,19H,3H2,1-2H3,(H,21,22,23,24). The molecule has 0 unspecified atom stereocenters. The van der Waals surface area contributed by atoms with Crippen LogP contribution >= 0.6 is 11.6 Å². The maximum absolute atomic E-state index is 9.18. The summed E-state index contributed by atoms with van der Waals surface area (Å²) in [6, 6.07) is 7.70. The van der Waals surface area contributed by atoms with Gasteiger partial charge in [0, 0.05) is 23.0 Å². The topological polar surface area (TPSA) is 103 Å². The van der Waals surface area contributed by atoms with Crippen LogP contribution in [-0.2, 0) is 6.42 Å². The van der Waals surface area contributed by atoms with E-state index in [9.17, 15) is 5.26 Å². The van der Waals surface area contributed by atoms with Gasteiger partial charge in [-0.3, -0.25) is 4.98 Å². The molecule has 3 rings (SSSR count). The molecule has 7 nitrogen and oxygen atoms in total. The Labute approximate surface area is 143 Å². The zero-order valence-corrected chi connectivity index (χ0v) is 13.9. The number of nitriles is 1. The number of aryl methyl sites for hydroxylation is 1. The number of aromatic amines is 1. The first-order valence-corrected chi connectivity index (χ1v) is 7.71. The number of hydrogen-bond acceptors (Lipinski definition) is 6. The molecule has 0 aliphatic rings. The highest BCUT2D eigenvalue weighted by atomic mass is 35.5. The van der Waals surface area contributed by atoms with Gasteiger partial charge < -0.3 is 5.32 Å². The number of rotatable bonds is 4. The SMILES string of the molecule is CCc1c(C)nc2ccc(NC=C(C#N)c3nn[nH]n3)cc2c1Cl. The lowest BCUT2D eigenvalue weighted by Gasteiger charge is -2.10. The van der Waals surface area contributed by atoms with E-state index >= 15 is 0 Å². The Kier molecular flexibility index (Phi) is 4.40. The van der Waals surface area contributed by atoms with Crippen molar-refractivity contribution in [3.8, 4) is 6.07 Å². The summed E-state index contributed by atoms with van der Waals surface area (Å²) in [5.74, 6) is 0.231. The van der Waals surface area contributed by atoms with Crippen LogP contribution in [0.1, 0.15) is 24.0 Å². The van der Waals surface area contributed by atoms with Crippen molar-refractivity contribution < 1.29 is 0 Å². The Morgan fingerprint density at radius 2 is 2.29 bits per heavy atom. The average Bonchev–Trinajstić information content (AvgIpc) is 3.11. The summed E-state index contributed by atoms with van der Waals surface area (Å²) < 4.78 is 0. The number of H-pyrrole nitrogens is 1. The number of nitrogens with one attached hydrogen (secondary N) is 2. The molecule has 2 heterocycles. The predicted molar refractivity (Wildman–Crippen MR) is 92.3 cm³/mol. The highest BCUT2D eigenvalue weighted by Crippen LogP contribution is 2.30. The van der Waals surface area contributed by atoms with E-state index in [2.05, 4.69) is 37.8 Å². The first kappa shape index (κ1) is 15.9. The first-order chi connectivity index (χ1) is 11.6. The predicted octanol–water partition coefficient (Wildman–Crippen LogP) is 3.25. The summed E-state index contributed by atoms with van der Waals surface area (Å²) in [4.78, 5) is 4.59. The molecule has 2 aromatic heterocycles. The van der Waals surface area contributed by atoms with E-state index in [0.29, 0.717) is 5.02 Å². The summed E-state index contributed by atoms with van der Waals surface area (Å²) >= 11 is 6.52. The normalized spacial score (nSPS) is 11.5. The second-order valence-corrected chi connectivity index (χ2v) is 5.50. The lowest BCUT2D eigenvalue weighted by molar-refractivity contribution is 0.881. The number of fused-ring (bicyclic) bond motifs is 1. The molecule has 0 aliphatic carbocycles. The molecule has 8 heteroatoms. The lowest BCUT2D eigenvalue weighted by Crippen LogP contribution is -1.96. The highest BCUT2D eigenvalue weighted by molar-refractivity contribution is 6.36. The summed E-state index contributed by atoms with van der Waals surface area (Å²) in [6.07, 6.45) is 2.35. The van der Waals surface area contributed by atoms with Gasteiger partial charge >= 0.3 is 0 Å². The van der Waals surface area contributed by atoms with Gasteiger partial charge in [-0.1, -0.05) is 18.5 Å². The van der Waals surface area contributed by atoms with Crippen LogP contribution in [0.2, 0.25) is 5.02 Å². The van der Waals surface area contributed by atoms with E-state index < -0.39 is 0 Å². The summed E-state index contributed by atoms with van der Waals surface area (Å²) in [7, 11) is 0. The Hall–Kier alpha value is -2.98. The van der Waals surface area contributed by atoms with Crippen LogP contribution in [0.5, 0.6) is 0 Å². The fraction of sp³-hybridized carbons (Fsp3) is 0.188. The van der Waals surface area contributed by atoms with Gasteiger partial charge in [0.05, 0.1) is 10.5 Å². The largest absolute Gasteiger partial charge is 0.360 e. The molecule has 0 radical (unpaired) electrons. The minimum atomic E-state index is 0.231. The number of aromatic nitrogens is 5. The molecule has 120 valence electrons. The Morgan fingerprint density at radius 3 is 2.96 bits per heavy atom. The third kappa shape index (κ3) is 2.92. The number of tetrazole rings is 1. The van der Waals surface area contributed by atoms with Crippen molar-refractivity contribution in [3.63, 3.8) is 0 Å². The number of anilines is 1. The Morgan fingerprint density at radius 1 is 1.46 bits per heavy atom. The fourth-order valence-corrected chi connectivity index (χ4v) is 2.88. The number of halogens is 1. The fourth-order valence-electron chi connectivity index (χ4n) is 2.46. The van der Waals surface area contributed by atoms with Crippen LogP contribution in [0.3, 0.4) is 0 Å². The Balaban J connectivity index is 1.98. The minimum absolute atomic E-state index is 0.231. The zero-order valence-electron chi connectivity index (χ0n) is 13.1. The molecule has 2 N–H and O–H groups in total. The van der Waals surface area contributed by atoms with Crippen molar-refractivity contribution in [2.45, 2.75) is 20.3 Å². The van der Waals surface area contributed by atoms with Gasteiger partial charge in [0.2, 0.25) is 5.82 Å². The molecule has 0 aliphatic heterocycles. The van der Waals surface area contributed by atoms with Gasteiger partial charge in [-0.25, -0.2) is 0 Å². The van der Waals surface area contributed by atoms with Crippen LogP contribution in [0.15, 0.2) is 24.4 Å². The highest BCUT2D eigenvalue weighted by Gasteiger charge is 2.10. The maximum Gasteiger partial charge on any atom is 0.216 e. The van der Waals surface area contributed by atoms with Gasteiger partial charge in [-0.05, 0) is 42.3 Å². The molecule has 3 aromatic rings. The average molecular weight is 340 g/mol. The molecule has 0 fully saturated rings. The van der Waals surface area contributed by atoms with Gasteiger partial charge in [0.15, 0.2) is 0 Å². The molecular formula is C16H14ClN7. The summed E-state index contributed by atoms with van der Waals surface area (Å²) in [6.45, 7) is 4.01. The smallest absolute Gasteiger partial charge is 0.216 e. The number of nitrogens with zero attached hydrogens (tertiary/aromatic N) is 5. The molecule has 0 saturated carbocycles. The van der Waals surface area contributed by atoms with E-state index in [0.717, 1.165) is 34.3 Å². The second-order valence-electron chi connectivity index (χ2n) is 5.12. The van der Waals surface area contributed by atoms with Crippen molar-refractivity contribution in [2.75, 3.05) is 5.32 Å². The molecule has 0 bridgehead atoms. The van der Waals surface area contributed by atoms with Gasteiger partial charge in [0.1, 0.15) is 11.6 Å². The molecule has 24 heavy (non-hydrogen) atoms. The van der Waals surface area contributed by atoms with E-state index in [4.69, 9.17) is 11.6 Å². The monoisotopic (exact) mass is 339 g/mol. The van der Waals surface area contributed by atoms with Crippen LogP contribution in [0.4, 0.5) is 5.69 Å². The van der Waals surface area contributed by atoms with Gasteiger partial charge in [-0.15, -0.1) is 10.2 Å². The molecule has 0 saturated heterocycles. The molecule has 0 atom stereocenters. The maximum atomic E-state index is 9.18. The summed E-state index contributed by atoms with van der Waals surface area (Å²) in [5, 5.41) is 27.2. The molecule has 1 aromatic carbocycles. The van der Waals surface area contributed by atoms with Crippen LogP contribution in [0.25, 0.3) is 16.5 Å². The van der Waals surface area contributed by atoms with Gasteiger partial charge in [0.25, 0.3) is 0 Å². The molecular weight excluding hydrogens is 326 g/mol. The van der Waals surface area contributed by atoms with E-state index in [-0.39, 0.29) is 11.4 Å². The van der Waals surface area contributed by atoms with Crippen molar-refractivity contribution in [3.05, 3.63) is 46.5 Å². The molecule has 0 spiro atoms. The lowest BCUT2D eigenvalue weighted by atomic mass is 10.1. The molecule has 0 amide bonds. The van der Waals surface area contributed by atoms with Crippen LogP contribution < -0.4 is 5.32 Å². The minimum Gasteiger partial charge on any atom is -0.360 e. The van der Waals surface area contributed by atoms with Crippen molar-refractivity contribution in [1.29, 1.82) is 5.26 Å². The number of pyridine rings is 1. The number of allylic oxidation sites excluding steroid dienone is 1. The zero-order chi connectivity index (χ0) is 17.1. The quantitative estimate of drug-likeness (QED) is 0.707. The van der Waals surface area contributed by atoms with E-state index in [1.165, 1.54) is 6.20 Å². The third-order valence-electron chi connectivity index (χ3n) is 3.67. The van der Waals surface area contributed by atoms with Crippen LogP contribution in [0, 0.1) is 18.3 Å². The number of hydrogen-bond donors (Lipinski definition) is 2. The van der Waals surface area contributed by atoms with Gasteiger partial charge in [-0.2, -0.15) is 10.5 Å². The Bertz CT molecular complexity index is 955. The van der Waals surface area contributed by atoms with E-state index in [1.54, 1.807) is 0 Å². The summed E-state index contributed by atoms with van der Waals surface area (Å²) in [5.41, 5.74) is 3.88. The van der Waals surface area contributed by atoms with Crippen molar-refractivity contribution >= 4 is 33.8 Å². The third-order valence-corrected chi connectivity index (χ3v) is 4.10. The number of benzene rings is 1.